The van der Waals surface area contributed by atoms with Gasteiger partial charge in [0, 0.05) is 11.0 Å². The highest BCUT2D eigenvalue weighted by molar-refractivity contribution is 9.10. The quantitative estimate of drug-likeness (QED) is 0.603. The van der Waals surface area contributed by atoms with Gasteiger partial charge >= 0.3 is 5.97 Å². The van der Waals surface area contributed by atoms with Gasteiger partial charge in [-0.1, -0.05) is 11.6 Å². The number of carbonyl (C=O) groups excluding carboxylic acids is 1. The van der Waals surface area contributed by atoms with Gasteiger partial charge in [0.1, 0.15) is 12.4 Å². The number of hydrogen-bond acceptors (Lipinski definition) is 4. The highest BCUT2D eigenvalue weighted by Crippen LogP contribution is 2.31. The number of hydrogen-bond donors (Lipinski definition) is 1. The molecule has 1 rings (SSSR count). The second kappa shape index (κ2) is 8.35. The van der Waals surface area contributed by atoms with E-state index in [2.05, 4.69) is 21.2 Å². The molecule has 0 aliphatic rings. The van der Waals surface area contributed by atoms with Gasteiger partial charge in [-0.2, -0.15) is 0 Å². The Hall–Kier alpha value is -0.850. The number of anilines is 1. The van der Waals surface area contributed by atoms with Crippen molar-refractivity contribution in [3.8, 4) is 0 Å². The van der Waals surface area contributed by atoms with E-state index in [1.54, 1.807) is 6.92 Å². The van der Waals surface area contributed by atoms with E-state index in [0.29, 0.717) is 29.9 Å². The summed E-state index contributed by atoms with van der Waals surface area (Å²) in [5.41, 5.74) is 0.586. The minimum Gasteiger partial charge on any atom is -0.464 e. The normalized spacial score (nSPS) is 10.3. The zero-order valence-electron chi connectivity index (χ0n) is 10.3. The van der Waals surface area contributed by atoms with Gasteiger partial charge in [-0.3, -0.25) is 0 Å². The minimum atomic E-state index is -0.416. The first-order valence-electron chi connectivity index (χ1n) is 5.66. The topological polar surface area (TPSA) is 47.6 Å². The third-order valence-corrected chi connectivity index (χ3v) is 3.00. The highest BCUT2D eigenvalue weighted by atomic mass is 79.9. The Morgan fingerprint density at radius 3 is 2.89 bits per heavy atom. The van der Waals surface area contributed by atoms with Crippen LogP contribution in [0.2, 0.25) is 5.02 Å². The predicted octanol–water partition coefficient (Wildman–Crippen LogP) is 3.23. The number of rotatable bonds is 7. The van der Waals surface area contributed by atoms with Gasteiger partial charge in [-0.25, -0.2) is 9.18 Å². The van der Waals surface area contributed by atoms with Crippen LogP contribution in [0.3, 0.4) is 0 Å². The van der Waals surface area contributed by atoms with E-state index in [9.17, 15) is 9.18 Å². The molecule has 0 saturated heterocycles. The van der Waals surface area contributed by atoms with Gasteiger partial charge in [-0.15, -0.1) is 0 Å². The number of carbonyl (C=O) groups is 1. The maximum atomic E-state index is 13.0. The van der Waals surface area contributed by atoms with Gasteiger partial charge in [0.2, 0.25) is 0 Å². The van der Waals surface area contributed by atoms with Crippen LogP contribution in [-0.4, -0.2) is 32.3 Å². The summed E-state index contributed by atoms with van der Waals surface area (Å²) < 4.78 is 23.3. The van der Waals surface area contributed by atoms with E-state index in [1.165, 1.54) is 12.1 Å². The fourth-order valence-corrected chi connectivity index (χ4v) is 2.28. The van der Waals surface area contributed by atoms with E-state index in [4.69, 9.17) is 21.1 Å². The van der Waals surface area contributed by atoms with Crippen LogP contribution in [0.4, 0.5) is 10.1 Å². The summed E-state index contributed by atoms with van der Waals surface area (Å²) >= 11 is 9.10. The van der Waals surface area contributed by atoms with E-state index < -0.39 is 11.8 Å². The number of halogens is 3. The second-order valence-electron chi connectivity index (χ2n) is 3.53. The minimum absolute atomic E-state index is 0.0894. The van der Waals surface area contributed by atoms with Crippen LogP contribution in [0.25, 0.3) is 0 Å². The molecule has 0 unspecified atom stereocenters. The maximum absolute atomic E-state index is 13.0. The predicted molar refractivity (Wildman–Crippen MR) is 75.1 cm³/mol. The van der Waals surface area contributed by atoms with Crippen molar-refractivity contribution in [1.82, 2.24) is 0 Å². The standard InChI is InChI=1S/C12H14BrClFNO3/c1-2-19-11(17)7-18-4-3-16-12-9(13)5-8(15)6-10(12)14/h5-6,16H,2-4,7H2,1H3. The van der Waals surface area contributed by atoms with Crippen molar-refractivity contribution in [2.45, 2.75) is 6.92 Å². The molecule has 0 amide bonds. The van der Waals surface area contributed by atoms with E-state index >= 15 is 0 Å². The molecule has 0 aromatic heterocycles. The fourth-order valence-electron chi connectivity index (χ4n) is 1.32. The average Bonchev–Trinajstić information content (AvgIpc) is 2.31. The molecule has 0 saturated carbocycles. The zero-order chi connectivity index (χ0) is 14.3. The van der Waals surface area contributed by atoms with Crippen molar-refractivity contribution in [2.75, 3.05) is 31.7 Å². The summed E-state index contributed by atoms with van der Waals surface area (Å²) in [6.07, 6.45) is 0. The smallest absolute Gasteiger partial charge is 0.332 e. The first-order valence-corrected chi connectivity index (χ1v) is 6.83. The third kappa shape index (κ3) is 5.76. The van der Waals surface area contributed by atoms with Crippen molar-refractivity contribution >= 4 is 39.2 Å². The number of benzene rings is 1. The number of esters is 1. The Morgan fingerprint density at radius 1 is 1.53 bits per heavy atom. The van der Waals surface area contributed by atoms with E-state index in [0.717, 1.165) is 0 Å². The largest absolute Gasteiger partial charge is 0.464 e. The van der Waals surface area contributed by atoms with Crippen molar-refractivity contribution < 1.29 is 18.7 Å². The summed E-state index contributed by atoms with van der Waals surface area (Å²) in [7, 11) is 0. The first-order chi connectivity index (χ1) is 9.04. The Kier molecular flexibility index (Phi) is 7.12. The van der Waals surface area contributed by atoms with Gasteiger partial charge in [0.15, 0.2) is 0 Å². The van der Waals surface area contributed by atoms with Gasteiger partial charge in [0.25, 0.3) is 0 Å². The summed E-state index contributed by atoms with van der Waals surface area (Å²) in [4.78, 5) is 11.0. The number of ether oxygens (including phenoxy) is 2. The molecule has 0 spiro atoms. The molecule has 0 bridgehead atoms. The molecule has 0 atom stereocenters. The molecule has 1 N–H and O–H groups in total. The summed E-state index contributed by atoms with van der Waals surface area (Å²) in [5.74, 6) is -0.815. The van der Waals surface area contributed by atoms with Crippen LogP contribution in [0, 0.1) is 5.82 Å². The summed E-state index contributed by atoms with van der Waals surface area (Å²) in [6, 6.07) is 2.53. The lowest BCUT2D eigenvalue weighted by molar-refractivity contribution is -0.148. The maximum Gasteiger partial charge on any atom is 0.332 e. The van der Waals surface area contributed by atoms with Crippen molar-refractivity contribution in [1.29, 1.82) is 0 Å². The summed E-state index contributed by atoms with van der Waals surface area (Å²) in [5, 5.41) is 3.27. The van der Waals surface area contributed by atoms with Gasteiger partial charge < -0.3 is 14.8 Å². The summed E-state index contributed by atoms with van der Waals surface area (Å²) in [6.45, 7) is 2.71. The molecule has 19 heavy (non-hydrogen) atoms. The second-order valence-corrected chi connectivity index (χ2v) is 4.79. The van der Waals surface area contributed by atoms with Crippen molar-refractivity contribution in [3.63, 3.8) is 0 Å². The lowest BCUT2D eigenvalue weighted by Crippen LogP contribution is -2.16. The highest BCUT2D eigenvalue weighted by Gasteiger charge is 2.07. The third-order valence-electron chi connectivity index (χ3n) is 2.08. The van der Waals surface area contributed by atoms with Crippen LogP contribution in [0.1, 0.15) is 6.92 Å². The molecule has 1 aromatic carbocycles. The number of nitrogens with one attached hydrogen (secondary N) is 1. The molecule has 0 radical (unpaired) electrons. The Morgan fingerprint density at radius 2 is 2.26 bits per heavy atom. The van der Waals surface area contributed by atoms with Crippen molar-refractivity contribution in [3.05, 3.63) is 27.4 Å². The molecule has 7 heteroatoms. The molecule has 0 heterocycles. The Bertz CT molecular complexity index is 422. The SMILES string of the molecule is CCOC(=O)COCCNc1c(Cl)cc(F)cc1Br. The van der Waals surface area contributed by atoms with Crippen LogP contribution in [0.15, 0.2) is 16.6 Å². The van der Waals surface area contributed by atoms with E-state index in [1.807, 2.05) is 0 Å². The molecular formula is C12H14BrClFNO3. The lowest BCUT2D eigenvalue weighted by Gasteiger charge is -2.11. The van der Waals surface area contributed by atoms with Gasteiger partial charge in [0.05, 0.1) is 23.9 Å². The Balaban J connectivity index is 2.32. The molecular weight excluding hydrogens is 340 g/mol. The van der Waals surface area contributed by atoms with Crippen LogP contribution in [0.5, 0.6) is 0 Å². The van der Waals surface area contributed by atoms with Crippen LogP contribution in [-0.2, 0) is 14.3 Å². The zero-order valence-corrected chi connectivity index (χ0v) is 12.7. The molecule has 4 nitrogen and oxygen atoms in total. The molecule has 0 fully saturated rings. The average molecular weight is 355 g/mol. The van der Waals surface area contributed by atoms with E-state index in [-0.39, 0.29) is 11.6 Å². The van der Waals surface area contributed by atoms with Crippen molar-refractivity contribution in [2.24, 2.45) is 0 Å². The molecule has 0 aliphatic heterocycles. The fraction of sp³-hybridized carbons (Fsp3) is 0.417. The van der Waals surface area contributed by atoms with Crippen LogP contribution >= 0.6 is 27.5 Å². The lowest BCUT2D eigenvalue weighted by atomic mass is 10.3. The molecule has 0 aliphatic carbocycles. The molecule has 106 valence electrons. The van der Waals surface area contributed by atoms with Gasteiger partial charge in [-0.05, 0) is 35.0 Å². The Labute approximate surface area is 124 Å². The first kappa shape index (κ1) is 16.2. The monoisotopic (exact) mass is 353 g/mol. The van der Waals surface area contributed by atoms with Crippen LogP contribution < -0.4 is 5.32 Å². The molecule has 1 aromatic rings.